The Balaban J connectivity index is 0.00000207. The first-order valence-electron chi connectivity index (χ1n) is 16.5. The molecular weight excluding hydrogens is 536 g/mol. The standard InChI is InChI=1S/C33H48N6O2.C2H6/c1-6-41-31(40)21-28-20-23(2)32(34-26(28)5)37-17-15-25(4)38(19-18-37)30-22-29(27-13-9-7-8-10-14-27)35-33(36-30)39-16-11-12-24(39)3;1-2/h7,9-10,13-14,20,22,24-26,33-35H,6,8,11-12,15-19,21H2,1-5H3;1-2H3/t24?,25-,26?,33?;/m1./s1. The van der Waals surface area contributed by atoms with Crippen molar-refractivity contribution in [2.24, 2.45) is 4.99 Å². The highest BCUT2D eigenvalue weighted by Gasteiger charge is 2.33. The molecule has 2 N–H and O–H groups in total. The van der Waals surface area contributed by atoms with Crippen molar-refractivity contribution in [2.45, 2.75) is 105 Å². The molecule has 8 heteroatoms. The Morgan fingerprint density at radius 2 is 1.84 bits per heavy atom. The molecule has 3 unspecified atom stereocenters. The van der Waals surface area contributed by atoms with Crippen LogP contribution < -0.4 is 10.6 Å². The van der Waals surface area contributed by atoms with Crippen LogP contribution in [-0.4, -0.2) is 83.7 Å². The number of hydrogen-bond donors (Lipinski definition) is 2. The van der Waals surface area contributed by atoms with Gasteiger partial charge in [0.05, 0.1) is 13.0 Å². The minimum Gasteiger partial charge on any atom is -0.466 e. The fourth-order valence-electron chi connectivity index (χ4n) is 6.49. The van der Waals surface area contributed by atoms with Crippen LogP contribution in [0.2, 0.25) is 0 Å². The summed E-state index contributed by atoms with van der Waals surface area (Å²) < 4.78 is 5.19. The summed E-state index contributed by atoms with van der Waals surface area (Å²) in [6, 6.07) is 0.970. The molecule has 0 bridgehead atoms. The van der Waals surface area contributed by atoms with E-state index in [4.69, 9.17) is 9.73 Å². The number of carbonyl (C=O) groups excluding carboxylic acids is 1. The van der Waals surface area contributed by atoms with Crippen LogP contribution in [0.5, 0.6) is 0 Å². The Labute approximate surface area is 260 Å². The van der Waals surface area contributed by atoms with Crippen LogP contribution in [0.15, 0.2) is 75.8 Å². The average Bonchev–Trinajstić information content (AvgIpc) is 3.16. The lowest BCUT2D eigenvalue weighted by molar-refractivity contribution is -0.142. The maximum absolute atomic E-state index is 12.1. The van der Waals surface area contributed by atoms with Crippen LogP contribution in [-0.2, 0) is 9.53 Å². The van der Waals surface area contributed by atoms with E-state index in [1.54, 1.807) is 0 Å². The molecule has 4 aliphatic heterocycles. The highest BCUT2D eigenvalue weighted by atomic mass is 16.5. The number of nitrogens with one attached hydrogen (secondary N) is 2. The van der Waals surface area contributed by atoms with Gasteiger partial charge in [-0.1, -0.05) is 50.3 Å². The first-order chi connectivity index (χ1) is 20.8. The normalized spacial score (nSPS) is 27.9. The van der Waals surface area contributed by atoms with E-state index >= 15 is 0 Å². The maximum atomic E-state index is 12.1. The van der Waals surface area contributed by atoms with Gasteiger partial charge in [-0.05, 0) is 77.0 Å². The molecule has 43 heavy (non-hydrogen) atoms. The van der Waals surface area contributed by atoms with Gasteiger partial charge in [0.2, 0.25) is 0 Å². The van der Waals surface area contributed by atoms with Crippen molar-refractivity contribution in [3.05, 3.63) is 70.8 Å². The van der Waals surface area contributed by atoms with Gasteiger partial charge in [0.1, 0.15) is 11.7 Å². The van der Waals surface area contributed by atoms with Gasteiger partial charge in [0.15, 0.2) is 6.29 Å². The van der Waals surface area contributed by atoms with Crippen LogP contribution in [0.4, 0.5) is 0 Å². The number of rotatable bonds is 6. The number of nitrogens with zero attached hydrogens (tertiary/aromatic N) is 4. The quantitative estimate of drug-likeness (QED) is 0.390. The van der Waals surface area contributed by atoms with E-state index in [9.17, 15) is 4.79 Å². The zero-order valence-electron chi connectivity index (χ0n) is 27.5. The molecule has 2 fully saturated rings. The van der Waals surface area contributed by atoms with E-state index in [2.05, 4.69) is 95.6 Å². The molecule has 0 aromatic carbocycles. The van der Waals surface area contributed by atoms with E-state index in [1.165, 1.54) is 29.8 Å². The third-order valence-electron chi connectivity index (χ3n) is 8.93. The van der Waals surface area contributed by atoms with Crippen LogP contribution in [0, 0.1) is 0 Å². The predicted molar refractivity (Wildman–Crippen MR) is 177 cm³/mol. The SMILES string of the molecule is CC.CCOC(=O)CC1=CC(C)=C(N2CC[C@@H](C)N(C3=NC(N4CCCC4C)NC(C4=CC=CCC=C4)=C3)CC2)NC1C. The fourth-order valence-corrected chi connectivity index (χ4v) is 6.49. The third kappa shape index (κ3) is 8.02. The van der Waals surface area contributed by atoms with Crippen molar-refractivity contribution in [3.8, 4) is 0 Å². The molecule has 5 rings (SSSR count). The van der Waals surface area contributed by atoms with Crippen molar-refractivity contribution in [1.82, 2.24) is 25.3 Å². The summed E-state index contributed by atoms with van der Waals surface area (Å²) in [7, 11) is 0. The van der Waals surface area contributed by atoms with Crippen LogP contribution >= 0.6 is 0 Å². The summed E-state index contributed by atoms with van der Waals surface area (Å²) in [4.78, 5) is 25.0. The lowest BCUT2D eigenvalue weighted by Crippen LogP contribution is -2.51. The van der Waals surface area contributed by atoms with Crippen molar-refractivity contribution >= 4 is 11.8 Å². The zero-order chi connectivity index (χ0) is 30.9. The predicted octanol–water partition coefficient (Wildman–Crippen LogP) is 5.61. The Morgan fingerprint density at radius 3 is 2.58 bits per heavy atom. The fraction of sp³-hybridized carbons (Fsp3) is 0.600. The molecule has 0 amide bonds. The summed E-state index contributed by atoms with van der Waals surface area (Å²) in [6.45, 7) is 19.0. The Hall–Kier alpha value is -3.26. The number of ether oxygens (including phenoxy) is 1. The molecule has 1 aliphatic carbocycles. The second-order valence-corrected chi connectivity index (χ2v) is 11.9. The van der Waals surface area contributed by atoms with Gasteiger partial charge in [-0.2, -0.15) is 0 Å². The number of esters is 1. The molecular formula is C35H54N6O2. The molecule has 5 aliphatic rings. The van der Waals surface area contributed by atoms with Gasteiger partial charge in [0, 0.05) is 56.1 Å². The van der Waals surface area contributed by atoms with E-state index in [0.717, 1.165) is 56.1 Å². The zero-order valence-corrected chi connectivity index (χ0v) is 27.5. The topological polar surface area (TPSA) is 72.4 Å². The van der Waals surface area contributed by atoms with Crippen LogP contribution in [0.3, 0.4) is 0 Å². The molecule has 0 saturated carbocycles. The summed E-state index contributed by atoms with van der Waals surface area (Å²) in [6.07, 6.45) is 20.2. The summed E-state index contributed by atoms with van der Waals surface area (Å²) in [5.74, 6) is 2.09. The van der Waals surface area contributed by atoms with Crippen molar-refractivity contribution in [3.63, 3.8) is 0 Å². The van der Waals surface area contributed by atoms with Gasteiger partial charge >= 0.3 is 5.97 Å². The van der Waals surface area contributed by atoms with Crippen molar-refractivity contribution < 1.29 is 9.53 Å². The molecule has 0 radical (unpaired) electrons. The highest BCUT2D eigenvalue weighted by molar-refractivity contribution is 5.95. The second-order valence-electron chi connectivity index (χ2n) is 11.9. The average molecular weight is 591 g/mol. The number of aliphatic imine (C=N–C) groups is 1. The molecule has 8 nitrogen and oxygen atoms in total. The Morgan fingerprint density at radius 1 is 1.02 bits per heavy atom. The third-order valence-corrected chi connectivity index (χ3v) is 8.93. The number of carbonyl (C=O) groups is 1. The molecule has 4 atom stereocenters. The van der Waals surface area contributed by atoms with Crippen LogP contribution in [0.25, 0.3) is 0 Å². The molecule has 0 aromatic heterocycles. The van der Waals surface area contributed by atoms with Gasteiger partial charge < -0.3 is 25.2 Å². The summed E-state index contributed by atoms with van der Waals surface area (Å²) >= 11 is 0. The van der Waals surface area contributed by atoms with Gasteiger partial charge in [-0.3, -0.25) is 9.69 Å². The molecule has 0 aromatic rings. The number of likely N-dealkylation sites (tertiary alicyclic amines) is 1. The molecule has 0 spiro atoms. The number of dihydropyridines is 1. The largest absolute Gasteiger partial charge is 0.466 e. The molecule has 236 valence electrons. The van der Waals surface area contributed by atoms with Gasteiger partial charge in [-0.15, -0.1) is 0 Å². The van der Waals surface area contributed by atoms with Gasteiger partial charge in [-0.25, -0.2) is 4.99 Å². The number of hydrogen-bond acceptors (Lipinski definition) is 8. The molecule has 2 saturated heterocycles. The second kappa shape index (κ2) is 15.5. The first kappa shape index (κ1) is 32.6. The first-order valence-corrected chi connectivity index (χ1v) is 16.5. The highest BCUT2D eigenvalue weighted by Crippen LogP contribution is 2.28. The lowest BCUT2D eigenvalue weighted by Gasteiger charge is -2.37. The summed E-state index contributed by atoms with van der Waals surface area (Å²) in [5.41, 5.74) is 4.61. The smallest absolute Gasteiger partial charge is 0.309 e. The Bertz CT molecular complexity index is 1210. The maximum Gasteiger partial charge on any atom is 0.309 e. The van der Waals surface area contributed by atoms with Crippen molar-refractivity contribution in [2.75, 3.05) is 32.8 Å². The number of allylic oxidation sites excluding steroid dienone is 7. The van der Waals surface area contributed by atoms with Crippen molar-refractivity contribution in [1.29, 1.82) is 0 Å². The van der Waals surface area contributed by atoms with E-state index in [1.807, 2.05) is 20.8 Å². The van der Waals surface area contributed by atoms with Crippen LogP contribution in [0.1, 0.15) is 80.6 Å². The van der Waals surface area contributed by atoms with Gasteiger partial charge in [0.25, 0.3) is 0 Å². The molecule has 4 heterocycles. The lowest BCUT2D eigenvalue weighted by atomic mass is 9.98. The van der Waals surface area contributed by atoms with E-state index < -0.39 is 0 Å². The minimum absolute atomic E-state index is 0.0515. The Kier molecular flexibility index (Phi) is 11.7. The monoisotopic (exact) mass is 590 g/mol. The summed E-state index contributed by atoms with van der Waals surface area (Å²) in [5, 5.41) is 7.48. The van der Waals surface area contributed by atoms with E-state index in [0.29, 0.717) is 25.1 Å². The van der Waals surface area contributed by atoms with E-state index in [-0.39, 0.29) is 18.3 Å². The number of amidine groups is 1. The minimum atomic E-state index is -0.161.